The molecule has 6 heteroatoms. The number of aryl methyl sites for hydroxylation is 1. The zero-order valence-electron chi connectivity index (χ0n) is 10.5. The minimum Gasteiger partial charge on any atom is -0.468 e. The molecule has 2 aromatic heterocycles. The Morgan fingerprint density at radius 3 is 2.89 bits per heavy atom. The Balaban J connectivity index is 2.15. The number of nitrogens with zero attached hydrogens (tertiary/aromatic N) is 2. The van der Waals surface area contributed by atoms with Gasteiger partial charge in [0.25, 0.3) is 0 Å². The minimum atomic E-state index is 0.0510. The molecule has 0 bridgehead atoms. The van der Waals surface area contributed by atoms with E-state index >= 15 is 0 Å². The average Bonchev–Trinajstić information content (AvgIpc) is 3.05. The van der Waals surface area contributed by atoms with Gasteiger partial charge in [-0.3, -0.25) is 0 Å². The molecule has 0 saturated heterocycles. The van der Waals surface area contributed by atoms with Crippen LogP contribution in [-0.2, 0) is 6.42 Å². The van der Waals surface area contributed by atoms with E-state index in [0.717, 1.165) is 28.8 Å². The molecule has 98 valence electrons. The van der Waals surface area contributed by atoms with Crippen LogP contribution in [0.1, 0.15) is 37.1 Å². The molecule has 0 aromatic carbocycles. The SMILES string of the molecule is CCc1nsc(SC(c2ccco2)C(N)CC)n1. The molecule has 0 spiro atoms. The number of hydrogen-bond acceptors (Lipinski definition) is 6. The number of furan rings is 1. The fourth-order valence-corrected chi connectivity index (χ4v) is 3.65. The number of thioether (sulfide) groups is 1. The summed E-state index contributed by atoms with van der Waals surface area (Å²) in [4.78, 5) is 4.47. The first-order chi connectivity index (χ1) is 8.74. The third-order valence-corrected chi connectivity index (χ3v) is 4.87. The van der Waals surface area contributed by atoms with Crippen LogP contribution in [0.5, 0.6) is 0 Å². The lowest BCUT2D eigenvalue weighted by molar-refractivity contribution is 0.474. The molecule has 2 atom stereocenters. The number of nitrogens with two attached hydrogens (primary N) is 1. The molecule has 0 amide bonds. The van der Waals surface area contributed by atoms with Crippen molar-refractivity contribution < 1.29 is 4.42 Å². The monoisotopic (exact) mass is 283 g/mol. The lowest BCUT2D eigenvalue weighted by atomic mass is 10.1. The van der Waals surface area contributed by atoms with E-state index in [1.54, 1.807) is 18.0 Å². The van der Waals surface area contributed by atoms with Crippen molar-refractivity contribution in [1.82, 2.24) is 9.36 Å². The van der Waals surface area contributed by atoms with Gasteiger partial charge in [0, 0.05) is 12.5 Å². The Kier molecular flexibility index (Phi) is 4.79. The third kappa shape index (κ3) is 3.13. The second-order valence-electron chi connectivity index (χ2n) is 3.96. The van der Waals surface area contributed by atoms with Gasteiger partial charge in [0.15, 0.2) is 4.34 Å². The van der Waals surface area contributed by atoms with Gasteiger partial charge < -0.3 is 10.2 Å². The summed E-state index contributed by atoms with van der Waals surface area (Å²) in [5, 5.41) is 0.0997. The Morgan fingerprint density at radius 1 is 1.50 bits per heavy atom. The second kappa shape index (κ2) is 6.36. The summed E-state index contributed by atoms with van der Waals surface area (Å²) in [6, 6.07) is 3.91. The first-order valence-electron chi connectivity index (χ1n) is 6.02. The first-order valence-corrected chi connectivity index (χ1v) is 7.68. The minimum absolute atomic E-state index is 0.0510. The van der Waals surface area contributed by atoms with Crippen LogP contribution in [0.2, 0.25) is 0 Å². The van der Waals surface area contributed by atoms with Crippen LogP contribution in [0.15, 0.2) is 27.2 Å². The molecule has 0 saturated carbocycles. The van der Waals surface area contributed by atoms with Crippen LogP contribution in [-0.4, -0.2) is 15.4 Å². The Morgan fingerprint density at radius 2 is 2.33 bits per heavy atom. The van der Waals surface area contributed by atoms with Crippen LogP contribution in [0, 0.1) is 0 Å². The van der Waals surface area contributed by atoms with Crippen LogP contribution in [0.3, 0.4) is 0 Å². The summed E-state index contributed by atoms with van der Waals surface area (Å²) < 4.78 is 10.7. The number of aromatic nitrogens is 2. The van der Waals surface area contributed by atoms with E-state index in [1.165, 1.54) is 11.5 Å². The van der Waals surface area contributed by atoms with Crippen LogP contribution in [0.4, 0.5) is 0 Å². The smallest absolute Gasteiger partial charge is 0.170 e. The molecule has 0 aliphatic rings. The molecule has 0 fully saturated rings. The summed E-state index contributed by atoms with van der Waals surface area (Å²) in [6.07, 6.45) is 3.45. The van der Waals surface area contributed by atoms with Crippen molar-refractivity contribution in [3.05, 3.63) is 30.0 Å². The van der Waals surface area contributed by atoms with Gasteiger partial charge in [-0.1, -0.05) is 25.6 Å². The third-order valence-electron chi connectivity index (χ3n) is 2.68. The highest BCUT2D eigenvalue weighted by Crippen LogP contribution is 2.38. The van der Waals surface area contributed by atoms with E-state index in [2.05, 4.69) is 23.2 Å². The van der Waals surface area contributed by atoms with E-state index in [0.29, 0.717) is 0 Å². The molecule has 0 aliphatic heterocycles. The summed E-state index contributed by atoms with van der Waals surface area (Å²) in [5.41, 5.74) is 6.17. The average molecular weight is 283 g/mol. The summed E-state index contributed by atoms with van der Waals surface area (Å²) in [5.74, 6) is 1.80. The molecule has 2 rings (SSSR count). The molecule has 18 heavy (non-hydrogen) atoms. The topological polar surface area (TPSA) is 64.9 Å². The molecule has 2 N–H and O–H groups in total. The molecule has 2 aromatic rings. The highest BCUT2D eigenvalue weighted by atomic mass is 32.2. The van der Waals surface area contributed by atoms with Crippen molar-refractivity contribution in [2.45, 2.75) is 42.3 Å². The Labute approximate surface area is 115 Å². The molecular formula is C12H17N3OS2. The Hall–Kier alpha value is -0.850. The maximum atomic E-state index is 6.17. The zero-order valence-corrected chi connectivity index (χ0v) is 12.1. The Bertz CT molecular complexity index is 469. The predicted octanol–water partition coefficient (Wildman–Crippen LogP) is 3.26. The molecule has 4 nitrogen and oxygen atoms in total. The molecule has 2 unspecified atom stereocenters. The van der Waals surface area contributed by atoms with Crippen molar-refractivity contribution in [2.24, 2.45) is 5.73 Å². The van der Waals surface area contributed by atoms with Gasteiger partial charge in [0.2, 0.25) is 0 Å². The van der Waals surface area contributed by atoms with Gasteiger partial charge in [-0.05, 0) is 30.1 Å². The van der Waals surface area contributed by atoms with Gasteiger partial charge in [-0.25, -0.2) is 4.98 Å². The summed E-state index contributed by atoms with van der Waals surface area (Å²) in [7, 11) is 0. The van der Waals surface area contributed by atoms with Gasteiger partial charge >= 0.3 is 0 Å². The van der Waals surface area contributed by atoms with Crippen molar-refractivity contribution in [2.75, 3.05) is 0 Å². The number of rotatable bonds is 6. The van der Waals surface area contributed by atoms with E-state index in [1.807, 2.05) is 12.1 Å². The largest absolute Gasteiger partial charge is 0.468 e. The highest BCUT2D eigenvalue weighted by molar-refractivity contribution is 8.01. The van der Waals surface area contributed by atoms with Crippen LogP contribution < -0.4 is 5.73 Å². The molecular weight excluding hydrogens is 266 g/mol. The summed E-state index contributed by atoms with van der Waals surface area (Å²) in [6.45, 7) is 4.14. The predicted molar refractivity (Wildman–Crippen MR) is 74.9 cm³/mol. The van der Waals surface area contributed by atoms with Gasteiger partial charge in [0.1, 0.15) is 11.6 Å². The lowest BCUT2D eigenvalue weighted by Crippen LogP contribution is -2.25. The number of hydrogen-bond donors (Lipinski definition) is 1. The van der Waals surface area contributed by atoms with Gasteiger partial charge in [-0.2, -0.15) is 4.37 Å². The van der Waals surface area contributed by atoms with Crippen molar-refractivity contribution in [3.8, 4) is 0 Å². The maximum absolute atomic E-state index is 6.17. The molecule has 0 aliphatic carbocycles. The first kappa shape index (κ1) is 13.6. The van der Waals surface area contributed by atoms with E-state index in [-0.39, 0.29) is 11.3 Å². The molecule has 2 heterocycles. The molecule has 0 radical (unpaired) electrons. The fraction of sp³-hybridized carbons (Fsp3) is 0.500. The van der Waals surface area contributed by atoms with Crippen molar-refractivity contribution in [1.29, 1.82) is 0 Å². The fourth-order valence-electron chi connectivity index (χ4n) is 1.56. The van der Waals surface area contributed by atoms with Crippen LogP contribution >= 0.6 is 23.3 Å². The van der Waals surface area contributed by atoms with E-state index < -0.39 is 0 Å². The van der Waals surface area contributed by atoms with Gasteiger partial charge in [-0.15, -0.1) is 0 Å². The second-order valence-corrected chi connectivity index (χ2v) is 6.10. The normalized spacial score (nSPS) is 14.6. The van der Waals surface area contributed by atoms with Gasteiger partial charge in [0.05, 0.1) is 11.5 Å². The lowest BCUT2D eigenvalue weighted by Gasteiger charge is -2.18. The highest BCUT2D eigenvalue weighted by Gasteiger charge is 2.24. The van der Waals surface area contributed by atoms with Crippen LogP contribution in [0.25, 0.3) is 0 Å². The quantitative estimate of drug-likeness (QED) is 0.824. The summed E-state index contributed by atoms with van der Waals surface area (Å²) >= 11 is 3.07. The standard InChI is InChI=1S/C12H17N3OS2/c1-3-8(13)11(9-6-5-7-16-9)17-12-14-10(4-2)15-18-12/h5-8,11H,3-4,13H2,1-2H3. The maximum Gasteiger partial charge on any atom is 0.170 e. The van der Waals surface area contributed by atoms with Crippen molar-refractivity contribution >= 4 is 23.3 Å². The zero-order chi connectivity index (χ0) is 13.0. The van der Waals surface area contributed by atoms with Crippen molar-refractivity contribution in [3.63, 3.8) is 0 Å². The van der Waals surface area contributed by atoms with E-state index in [4.69, 9.17) is 10.2 Å². The van der Waals surface area contributed by atoms with E-state index in [9.17, 15) is 0 Å².